The number of carbonyl (C=O) groups excluding carboxylic acids is 1. The van der Waals surface area contributed by atoms with Crippen LogP contribution in [-0.2, 0) is 13.6 Å². The van der Waals surface area contributed by atoms with Crippen molar-refractivity contribution in [2.75, 3.05) is 0 Å². The fourth-order valence-electron chi connectivity index (χ4n) is 1.80. The normalized spacial score (nSPS) is 10.8. The van der Waals surface area contributed by atoms with Crippen LogP contribution in [0.3, 0.4) is 0 Å². The molecule has 0 bridgehead atoms. The molecule has 0 radical (unpaired) electrons. The first-order valence-electron chi connectivity index (χ1n) is 5.69. The minimum atomic E-state index is -0.0320. The number of ketones is 1. The number of nitrogens with zero attached hydrogens (tertiary/aromatic N) is 4. The molecule has 0 saturated carbocycles. The van der Waals surface area contributed by atoms with E-state index in [0.29, 0.717) is 11.3 Å². The highest BCUT2D eigenvalue weighted by atomic mass is 16.1. The number of hydrogen-bond acceptors (Lipinski definition) is 3. The summed E-state index contributed by atoms with van der Waals surface area (Å²) in [5, 5.41) is 8.32. The molecule has 0 fully saturated rings. The summed E-state index contributed by atoms with van der Waals surface area (Å²) in [6.45, 7) is 4.78. The van der Waals surface area contributed by atoms with Crippen LogP contribution in [0, 0.1) is 6.92 Å². The molecule has 90 valence electrons. The van der Waals surface area contributed by atoms with Crippen molar-refractivity contribution < 1.29 is 4.79 Å². The molecular formula is C12H16N4O. The fraction of sp³-hybridized carbons (Fsp3) is 0.417. The fourth-order valence-corrected chi connectivity index (χ4v) is 1.80. The smallest absolute Gasteiger partial charge is 0.214 e. The van der Waals surface area contributed by atoms with Crippen molar-refractivity contribution in [1.82, 2.24) is 19.6 Å². The average Bonchev–Trinajstić information content (AvgIpc) is 2.85. The number of rotatable bonds is 4. The first-order valence-corrected chi connectivity index (χ1v) is 5.69. The Kier molecular flexibility index (Phi) is 3.08. The van der Waals surface area contributed by atoms with E-state index < -0.39 is 0 Å². The Hall–Kier alpha value is -1.91. The summed E-state index contributed by atoms with van der Waals surface area (Å²) < 4.78 is 3.39. The van der Waals surface area contributed by atoms with E-state index in [9.17, 15) is 4.79 Å². The van der Waals surface area contributed by atoms with Crippen molar-refractivity contribution in [3.63, 3.8) is 0 Å². The Balaban J connectivity index is 2.27. The molecule has 0 N–H and O–H groups in total. The Morgan fingerprint density at radius 1 is 1.47 bits per heavy atom. The number of carbonyl (C=O) groups is 1. The molecular weight excluding hydrogens is 216 g/mol. The zero-order valence-electron chi connectivity index (χ0n) is 10.3. The second-order valence-corrected chi connectivity index (χ2v) is 4.12. The van der Waals surface area contributed by atoms with Gasteiger partial charge in [0.2, 0.25) is 5.78 Å². The van der Waals surface area contributed by atoms with Gasteiger partial charge in [-0.3, -0.25) is 14.2 Å². The van der Waals surface area contributed by atoms with Crippen molar-refractivity contribution >= 4 is 5.78 Å². The molecule has 0 aliphatic heterocycles. The maximum Gasteiger partial charge on any atom is 0.214 e. The molecule has 0 spiro atoms. The Bertz CT molecular complexity index is 538. The summed E-state index contributed by atoms with van der Waals surface area (Å²) in [6, 6.07) is 1.79. The van der Waals surface area contributed by atoms with Crippen molar-refractivity contribution in [1.29, 1.82) is 0 Å². The van der Waals surface area contributed by atoms with Gasteiger partial charge in [-0.25, -0.2) is 0 Å². The molecule has 5 heteroatoms. The van der Waals surface area contributed by atoms with Gasteiger partial charge in [-0.15, -0.1) is 0 Å². The lowest BCUT2D eigenvalue weighted by Gasteiger charge is -1.98. The van der Waals surface area contributed by atoms with Crippen LogP contribution in [0.1, 0.15) is 35.1 Å². The van der Waals surface area contributed by atoms with Crippen LogP contribution in [0.4, 0.5) is 0 Å². The first-order chi connectivity index (χ1) is 8.11. The van der Waals surface area contributed by atoms with E-state index in [1.807, 2.05) is 6.92 Å². The van der Waals surface area contributed by atoms with E-state index in [2.05, 4.69) is 17.1 Å². The van der Waals surface area contributed by atoms with E-state index in [-0.39, 0.29) is 5.78 Å². The molecule has 5 nitrogen and oxygen atoms in total. The SMILES string of the molecule is CCCn1cc(C(=O)c2cc(C)nn2C)cn1. The van der Waals surface area contributed by atoms with Gasteiger partial charge in [0.05, 0.1) is 17.5 Å². The van der Waals surface area contributed by atoms with Crippen LogP contribution in [0.5, 0.6) is 0 Å². The van der Waals surface area contributed by atoms with Gasteiger partial charge in [0.15, 0.2) is 0 Å². The molecule has 0 saturated heterocycles. The number of aryl methyl sites for hydroxylation is 3. The van der Waals surface area contributed by atoms with Crippen molar-refractivity contribution in [3.05, 3.63) is 35.4 Å². The molecule has 0 atom stereocenters. The van der Waals surface area contributed by atoms with Gasteiger partial charge in [0.1, 0.15) is 5.69 Å². The quantitative estimate of drug-likeness (QED) is 0.752. The van der Waals surface area contributed by atoms with Gasteiger partial charge in [-0.2, -0.15) is 10.2 Å². The van der Waals surface area contributed by atoms with E-state index in [1.165, 1.54) is 0 Å². The second-order valence-electron chi connectivity index (χ2n) is 4.12. The maximum absolute atomic E-state index is 12.2. The van der Waals surface area contributed by atoms with E-state index >= 15 is 0 Å². The van der Waals surface area contributed by atoms with Gasteiger partial charge in [-0.1, -0.05) is 6.92 Å². The van der Waals surface area contributed by atoms with Crippen molar-refractivity contribution in [2.45, 2.75) is 26.8 Å². The van der Waals surface area contributed by atoms with Crippen LogP contribution < -0.4 is 0 Å². The predicted octanol–water partition coefficient (Wildman–Crippen LogP) is 1.57. The van der Waals surface area contributed by atoms with E-state index in [1.54, 1.807) is 34.9 Å². The topological polar surface area (TPSA) is 52.7 Å². The highest BCUT2D eigenvalue weighted by molar-refractivity contribution is 6.07. The minimum Gasteiger partial charge on any atom is -0.287 e. The highest BCUT2D eigenvalue weighted by Gasteiger charge is 2.15. The predicted molar refractivity (Wildman–Crippen MR) is 63.9 cm³/mol. The lowest BCUT2D eigenvalue weighted by atomic mass is 10.1. The summed E-state index contributed by atoms with van der Waals surface area (Å²) in [7, 11) is 1.77. The molecule has 0 aliphatic rings. The zero-order valence-corrected chi connectivity index (χ0v) is 10.3. The molecule has 2 aromatic heterocycles. The molecule has 2 rings (SSSR count). The number of aromatic nitrogens is 4. The average molecular weight is 232 g/mol. The lowest BCUT2D eigenvalue weighted by Crippen LogP contribution is -2.07. The van der Waals surface area contributed by atoms with Crippen LogP contribution in [0.2, 0.25) is 0 Å². The van der Waals surface area contributed by atoms with Crippen LogP contribution in [0.15, 0.2) is 18.5 Å². The molecule has 0 aliphatic carbocycles. The minimum absolute atomic E-state index is 0.0320. The summed E-state index contributed by atoms with van der Waals surface area (Å²) >= 11 is 0. The van der Waals surface area contributed by atoms with E-state index in [0.717, 1.165) is 18.7 Å². The van der Waals surface area contributed by atoms with Gasteiger partial charge >= 0.3 is 0 Å². The highest BCUT2D eigenvalue weighted by Crippen LogP contribution is 2.10. The van der Waals surface area contributed by atoms with Crippen LogP contribution >= 0.6 is 0 Å². The summed E-state index contributed by atoms with van der Waals surface area (Å²) in [4.78, 5) is 12.2. The van der Waals surface area contributed by atoms with Crippen molar-refractivity contribution in [3.8, 4) is 0 Å². The molecule has 0 aromatic carbocycles. The molecule has 2 heterocycles. The Morgan fingerprint density at radius 3 is 2.82 bits per heavy atom. The lowest BCUT2D eigenvalue weighted by molar-refractivity contribution is 0.103. The van der Waals surface area contributed by atoms with E-state index in [4.69, 9.17) is 0 Å². The van der Waals surface area contributed by atoms with Crippen LogP contribution in [0.25, 0.3) is 0 Å². The second kappa shape index (κ2) is 4.53. The Morgan fingerprint density at radius 2 is 2.24 bits per heavy atom. The van der Waals surface area contributed by atoms with Gasteiger partial charge in [-0.05, 0) is 19.4 Å². The Labute approximate surface area is 100 Å². The molecule has 0 unspecified atom stereocenters. The monoisotopic (exact) mass is 232 g/mol. The van der Waals surface area contributed by atoms with Gasteiger partial charge in [0.25, 0.3) is 0 Å². The summed E-state index contributed by atoms with van der Waals surface area (Å²) in [5.74, 6) is -0.0320. The molecule has 2 aromatic rings. The largest absolute Gasteiger partial charge is 0.287 e. The first kappa shape index (κ1) is 11.6. The third kappa shape index (κ3) is 2.27. The van der Waals surface area contributed by atoms with Gasteiger partial charge < -0.3 is 0 Å². The zero-order chi connectivity index (χ0) is 12.4. The molecule has 17 heavy (non-hydrogen) atoms. The third-order valence-corrected chi connectivity index (χ3v) is 2.58. The van der Waals surface area contributed by atoms with Crippen LogP contribution in [-0.4, -0.2) is 25.3 Å². The van der Waals surface area contributed by atoms with Crippen molar-refractivity contribution in [2.24, 2.45) is 7.05 Å². The third-order valence-electron chi connectivity index (χ3n) is 2.58. The molecule has 0 amide bonds. The maximum atomic E-state index is 12.2. The summed E-state index contributed by atoms with van der Waals surface area (Å²) in [6.07, 6.45) is 4.40. The number of hydrogen-bond donors (Lipinski definition) is 0. The summed E-state index contributed by atoms with van der Waals surface area (Å²) in [5.41, 5.74) is 2.05. The standard InChI is InChI=1S/C12H16N4O/c1-4-5-16-8-10(7-13-16)12(17)11-6-9(2)14-15(11)3/h6-8H,4-5H2,1-3H3. The van der Waals surface area contributed by atoms with Gasteiger partial charge in [0, 0.05) is 19.8 Å².